The van der Waals surface area contributed by atoms with Crippen LogP contribution < -0.4 is 15.8 Å². The Morgan fingerprint density at radius 1 is 1.19 bits per heavy atom. The molecule has 0 atom stereocenters. The zero-order chi connectivity index (χ0) is 15.1. The van der Waals surface area contributed by atoms with Gasteiger partial charge in [0.25, 0.3) is 5.91 Å². The van der Waals surface area contributed by atoms with Crippen molar-refractivity contribution >= 4 is 17.6 Å². The lowest BCUT2D eigenvalue weighted by Gasteiger charge is -2.12. The van der Waals surface area contributed by atoms with Gasteiger partial charge >= 0.3 is 5.97 Å². The Labute approximate surface area is 123 Å². The van der Waals surface area contributed by atoms with Crippen LogP contribution in [0.2, 0.25) is 0 Å². The van der Waals surface area contributed by atoms with Crippen LogP contribution in [0.15, 0.2) is 24.3 Å². The molecule has 0 bridgehead atoms. The van der Waals surface area contributed by atoms with Crippen molar-refractivity contribution in [3.63, 3.8) is 0 Å². The monoisotopic (exact) mass is 292 g/mol. The Morgan fingerprint density at radius 2 is 1.90 bits per heavy atom. The van der Waals surface area contributed by atoms with E-state index in [4.69, 9.17) is 15.2 Å². The van der Waals surface area contributed by atoms with Crippen LogP contribution in [0, 0.1) is 0 Å². The number of para-hydroxylation sites is 2. The van der Waals surface area contributed by atoms with Crippen molar-refractivity contribution in [1.82, 2.24) is 5.32 Å². The molecule has 1 saturated carbocycles. The Morgan fingerprint density at radius 3 is 2.62 bits per heavy atom. The molecule has 1 fully saturated rings. The van der Waals surface area contributed by atoms with Gasteiger partial charge < -0.3 is 20.5 Å². The smallest absolute Gasteiger partial charge is 0.344 e. The first kappa shape index (κ1) is 15.2. The predicted molar refractivity (Wildman–Crippen MR) is 77.7 cm³/mol. The first-order valence-corrected chi connectivity index (χ1v) is 7.07. The maximum Gasteiger partial charge on any atom is 0.344 e. The van der Waals surface area contributed by atoms with Gasteiger partial charge in [0.05, 0.1) is 5.69 Å². The lowest BCUT2D eigenvalue weighted by molar-refractivity contribution is -0.150. The van der Waals surface area contributed by atoms with E-state index in [1.54, 1.807) is 24.3 Å². The number of nitrogens with two attached hydrogens (primary N) is 1. The fourth-order valence-corrected chi connectivity index (χ4v) is 2.28. The number of carbonyl (C=O) groups is 2. The summed E-state index contributed by atoms with van der Waals surface area (Å²) in [5.74, 6) is -0.445. The lowest BCUT2D eigenvalue weighted by Crippen LogP contribution is -2.36. The molecule has 0 unspecified atom stereocenters. The summed E-state index contributed by atoms with van der Waals surface area (Å²) in [4.78, 5) is 23.1. The summed E-state index contributed by atoms with van der Waals surface area (Å²) in [5, 5.41) is 2.84. The molecule has 1 aliphatic rings. The van der Waals surface area contributed by atoms with E-state index in [9.17, 15) is 9.59 Å². The van der Waals surface area contributed by atoms with Crippen molar-refractivity contribution in [1.29, 1.82) is 0 Å². The summed E-state index contributed by atoms with van der Waals surface area (Å²) >= 11 is 0. The number of benzene rings is 1. The van der Waals surface area contributed by atoms with Crippen LogP contribution in [0.3, 0.4) is 0 Å². The van der Waals surface area contributed by atoms with Gasteiger partial charge in [0.15, 0.2) is 13.2 Å². The van der Waals surface area contributed by atoms with E-state index < -0.39 is 5.97 Å². The summed E-state index contributed by atoms with van der Waals surface area (Å²) in [6.07, 6.45) is 4.26. The Kier molecular flexibility index (Phi) is 5.43. The van der Waals surface area contributed by atoms with E-state index in [0.717, 1.165) is 25.7 Å². The first-order chi connectivity index (χ1) is 10.1. The SMILES string of the molecule is Nc1ccccc1OCC(=O)OCC(=O)NC1CCCC1. The number of nitrogens with one attached hydrogen (secondary N) is 1. The van der Waals surface area contributed by atoms with Gasteiger partial charge in [0.1, 0.15) is 5.75 Å². The lowest BCUT2D eigenvalue weighted by atomic mass is 10.2. The van der Waals surface area contributed by atoms with Gasteiger partial charge in [-0.15, -0.1) is 0 Å². The number of hydrogen-bond acceptors (Lipinski definition) is 5. The topological polar surface area (TPSA) is 90.7 Å². The Balaban J connectivity index is 1.65. The zero-order valence-corrected chi connectivity index (χ0v) is 11.8. The number of esters is 1. The van der Waals surface area contributed by atoms with Crippen LogP contribution in [0.5, 0.6) is 5.75 Å². The van der Waals surface area contributed by atoms with Gasteiger partial charge in [-0.05, 0) is 25.0 Å². The molecule has 0 saturated heterocycles. The molecule has 0 aromatic heterocycles. The quantitative estimate of drug-likeness (QED) is 0.608. The van der Waals surface area contributed by atoms with E-state index in [1.807, 2.05) is 0 Å². The third kappa shape index (κ3) is 4.98. The highest BCUT2D eigenvalue weighted by Gasteiger charge is 2.17. The highest BCUT2D eigenvalue weighted by Crippen LogP contribution is 2.19. The summed E-state index contributed by atoms with van der Waals surface area (Å²) in [6.45, 7) is -0.548. The molecule has 0 spiro atoms. The molecular formula is C15H20N2O4. The molecule has 1 aromatic rings. The summed E-state index contributed by atoms with van der Waals surface area (Å²) in [7, 11) is 0. The number of anilines is 1. The van der Waals surface area contributed by atoms with Gasteiger partial charge in [-0.2, -0.15) is 0 Å². The third-order valence-corrected chi connectivity index (χ3v) is 3.35. The van der Waals surface area contributed by atoms with Crippen LogP contribution in [0.25, 0.3) is 0 Å². The highest BCUT2D eigenvalue weighted by molar-refractivity contribution is 5.81. The minimum atomic E-state index is -0.597. The molecule has 0 radical (unpaired) electrons. The van der Waals surface area contributed by atoms with Crippen molar-refractivity contribution in [3.05, 3.63) is 24.3 Å². The molecule has 1 aromatic carbocycles. The molecule has 0 heterocycles. The molecule has 6 nitrogen and oxygen atoms in total. The average molecular weight is 292 g/mol. The summed E-state index contributed by atoms with van der Waals surface area (Å²) in [6, 6.07) is 7.09. The molecular weight excluding hydrogens is 272 g/mol. The summed E-state index contributed by atoms with van der Waals surface area (Å²) < 4.78 is 10.1. The van der Waals surface area contributed by atoms with Crippen molar-refractivity contribution in [2.45, 2.75) is 31.7 Å². The van der Waals surface area contributed by atoms with E-state index in [-0.39, 0.29) is 25.2 Å². The van der Waals surface area contributed by atoms with E-state index in [1.165, 1.54) is 0 Å². The molecule has 3 N–H and O–H groups in total. The minimum Gasteiger partial charge on any atom is -0.480 e. The largest absolute Gasteiger partial charge is 0.480 e. The van der Waals surface area contributed by atoms with Gasteiger partial charge in [-0.3, -0.25) is 4.79 Å². The van der Waals surface area contributed by atoms with Crippen LogP contribution in [0.1, 0.15) is 25.7 Å². The highest BCUT2D eigenvalue weighted by atomic mass is 16.6. The number of rotatable bonds is 6. The summed E-state index contributed by atoms with van der Waals surface area (Å²) in [5.41, 5.74) is 6.13. The van der Waals surface area contributed by atoms with E-state index in [0.29, 0.717) is 11.4 Å². The van der Waals surface area contributed by atoms with E-state index >= 15 is 0 Å². The minimum absolute atomic E-state index is 0.219. The fourth-order valence-electron chi connectivity index (χ4n) is 2.28. The van der Waals surface area contributed by atoms with Crippen LogP contribution in [-0.2, 0) is 14.3 Å². The molecule has 2 rings (SSSR count). The zero-order valence-electron chi connectivity index (χ0n) is 11.8. The Bertz CT molecular complexity index is 498. The standard InChI is InChI=1S/C15H20N2O4/c16-12-7-3-4-8-13(12)20-10-15(19)21-9-14(18)17-11-5-1-2-6-11/h3-4,7-8,11H,1-2,5-6,9-10,16H2,(H,17,18). The molecule has 21 heavy (non-hydrogen) atoms. The van der Waals surface area contributed by atoms with Crippen LogP contribution >= 0.6 is 0 Å². The fraction of sp³-hybridized carbons (Fsp3) is 0.467. The maximum atomic E-state index is 11.6. The normalized spacial score (nSPS) is 14.7. The molecule has 0 aliphatic heterocycles. The second-order valence-electron chi connectivity index (χ2n) is 5.04. The van der Waals surface area contributed by atoms with E-state index in [2.05, 4.69) is 5.32 Å². The number of hydrogen-bond donors (Lipinski definition) is 2. The van der Waals surface area contributed by atoms with Crippen LogP contribution in [0.4, 0.5) is 5.69 Å². The average Bonchev–Trinajstić information content (AvgIpc) is 2.97. The number of carbonyl (C=O) groups excluding carboxylic acids is 2. The molecule has 114 valence electrons. The Hall–Kier alpha value is -2.24. The van der Waals surface area contributed by atoms with Crippen LogP contribution in [-0.4, -0.2) is 31.1 Å². The van der Waals surface area contributed by atoms with Gasteiger partial charge in [0.2, 0.25) is 0 Å². The first-order valence-electron chi connectivity index (χ1n) is 7.07. The van der Waals surface area contributed by atoms with Gasteiger partial charge in [-0.1, -0.05) is 25.0 Å². The van der Waals surface area contributed by atoms with Crippen molar-refractivity contribution in [3.8, 4) is 5.75 Å². The second-order valence-corrected chi connectivity index (χ2v) is 5.04. The van der Waals surface area contributed by atoms with Gasteiger partial charge in [0, 0.05) is 6.04 Å². The third-order valence-electron chi connectivity index (χ3n) is 3.35. The molecule has 6 heteroatoms. The molecule has 1 amide bonds. The van der Waals surface area contributed by atoms with Crippen molar-refractivity contribution < 1.29 is 19.1 Å². The predicted octanol–water partition coefficient (Wildman–Crippen LogP) is 1.25. The molecule has 1 aliphatic carbocycles. The maximum absolute atomic E-state index is 11.6. The van der Waals surface area contributed by atoms with Gasteiger partial charge in [-0.25, -0.2) is 4.79 Å². The second kappa shape index (κ2) is 7.52. The number of ether oxygens (including phenoxy) is 2. The number of amides is 1. The van der Waals surface area contributed by atoms with Crippen molar-refractivity contribution in [2.75, 3.05) is 18.9 Å². The number of nitrogen functional groups attached to an aromatic ring is 1. The van der Waals surface area contributed by atoms with Crippen molar-refractivity contribution in [2.24, 2.45) is 0 Å².